The molecule has 1 unspecified atom stereocenters. The fraction of sp³-hybridized carbons (Fsp3) is 0.276. The molecule has 3 aromatic heterocycles. The van der Waals surface area contributed by atoms with Crippen LogP contribution in [0.5, 0.6) is 0 Å². The van der Waals surface area contributed by atoms with Crippen molar-refractivity contribution in [3.63, 3.8) is 0 Å². The van der Waals surface area contributed by atoms with Gasteiger partial charge in [0.15, 0.2) is 5.82 Å². The average molecular weight is 650 g/mol. The van der Waals surface area contributed by atoms with Crippen LogP contribution in [0.1, 0.15) is 48.1 Å². The number of ether oxygens (including phenoxy) is 1. The van der Waals surface area contributed by atoms with E-state index in [1.807, 2.05) is 0 Å². The van der Waals surface area contributed by atoms with E-state index in [9.17, 15) is 36.5 Å². The van der Waals surface area contributed by atoms with Gasteiger partial charge in [0.2, 0.25) is 11.3 Å². The Bertz CT molecular complexity index is 1670. The Kier molecular flexibility index (Phi) is 10.1. The minimum absolute atomic E-state index is 0.00379. The molecule has 0 aliphatic heterocycles. The number of aromatic nitrogens is 5. The van der Waals surface area contributed by atoms with Gasteiger partial charge in [0.25, 0.3) is 11.8 Å². The van der Waals surface area contributed by atoms with Gasteiger partial charge in [-0.1, -0.05) is 42.5 Å². The molecular weight excluding hydrogens is 624 g/mol. The zero-order chi connectivity index (χ0) is 33.5. The van der Waals surface area contributed by atoms with Gasteiger partial charge in [0.1, 0.15) is 11.4 Å². The largest absolute Gasteiger partial charge is 0.426 e. The summed E-state index contributed by atoms with van der Waals surface area (Å²) in [6.45, 7) is 6.47. The minimum atomic E-state index is -5.16. The van der Waals surface area contributed by atoms with E-state index in [2.05, 4.69) is 43.6 Å². The van der Waals surface area contributed by atoms with E-state index >= 15 is 0 Å². The van der Waals surface area contributed by atoms with E-state index in [-0.39, 0.29) is 24.7 Å². The van der Waals surface area contributed by atoms with Crippen LogP contribution in [0, 0.1) is 10.1 Å². The van der Waals surface area contributed by atoms with Crippen LogP contribution in [-0.4, -0.2) is 36.2 Å². The van der Waals surface area contributed by atoms with E-state index in [0.717, 1.165) is 0 Å². The highest BCUT2D eigenvalue weighted by Gasteiger charge is 2.61. The van der Waals surface area contributed by atoms with Crippen LogP contribution in [0.2, 0.25) is 0 Å². The molecule has 242 valence electrons. The number of nitrogens with one attached hydrogen (secondary N) is 1. The lowest BCUT2D eigenvalue weighted by atomic mass is 9.96. The highest BCUT2D eigenvalue weighted by Crippen LogP contribution is 2.47. The number of hydrogen-bond donors (Lipinski definition) is 1. The molecule has 0 bridgehead atoms. The molecule has 1 N–H and O–H groups in total. The summed E-state index contributed by atoms with van der Waals surface area (Å²) in [6.07, 6.45) is -6.06. The highest BCUT2D eigenvalue weighted by atomic mass is 19.4. The Labute approximate surface area is 257 Å². The molecule has 4 aromatic rings. The summed E-state index contributed by atoms with van der Waals surface area (Å²) in [5.41, 5.74) is -6.56. The summed E-state index contributed by atoms with van der Waals surface area (Å²) in [5, 5.41) is 21.5. The molecule has 0 aliphatic carbocycles. The van der Waals surface area contributed by atoms with Gasteiger partial charge >= 0.3 is 18.0 Å². The van der Waals surface area contributed by atoms with Crippen LogP contribution >= 0.6 is 0 Å². The average Bonchev–Trinajstić information content (AvgIpc) is 3.51. The number of rotatable bonds is 14. The van der Waals surface area contributed by atoms with Crippen molar-refractivity contribution in [2.75, 3.05) is 5.32 Å². The molecule has 1 aromatic carbocycles. The van der Waals surface area contributed by atoms with Crippen LogP contribution in [0.4, 0.5) is 37.8 Å². The molecule has 0 spiro atoms. The molecule has 46 heavy (non-hydrogen) atoms. The fourth-order valence-electron chi connectivity index (χ4n) is 4.33. The number of hydrogen-bond acceptors (Lipinski definition) is 10. The predicted octanol–water partition coefficient (Wildman–Crippen LogP) is 7.52. The lowest BCUT2D eigenvalue weighted by Crippen LogP contribution is -2.45. The van der Waals surface area contributed by atoms with Crippen LogP contribution in [0.25, 0.3) is 11.6 Å². The topological polar surface area (TPSA) is 142 Å². The summed E-state index contributed by atoms with van der Waals surface area (Å²) in [6, 6.07) is 8.50. The zero-order valence-electron chi connectivity index (χ0n) is 23.8. The minimum Gasteiger partial charge on any atom is -0.415 e. The standard InChI is InChI=1S/C29H25F6N7O4/c1-3-5-13-27(29(33,34)35,45-17-18-11-7-6-8-12-18)26-41-40-25(46-26)22-21(42(43)44)16-19(28(30,31)32)23(39-22)38-20(10-4-2)24-36-14-9-15-37-24/h3-4,6-9,11-12,14-16,20H,1-2,5,10,13,17H2,(H,38,39)/t20?,27-/m1/s1. The normalized spacial score (nSPS) is 13.9. The SMILES string of the molecule is C=CCC[C@@](OCc1ccccc1)(c1nnc(-c2nc(NC(CC=C)c3ncccn3)c(C(F)(F)F)cc2[N+](=O)[O-])o1)C(F)(F)F. The molecular formula is C29H25F6N7O4. The molecule has 11 nitrogen and oxygen atoms in total. The maximum Gasteiger partial charge on any atom is 0.426 e. The monoisotopic (exact) mass is 649 g/mol. The summed E-state index contributed by atoms with van der Waals surface area (Å²) in [4.78, 5) is 22.6. The first-order valence-electron chi connectivity index (χ1n) is 13.4. The summed E-state index contributed by atoms with van der Waals surface area (Å²) >= 11 is 0. The van der Waals surface area contributed by atoms with E-state index in [1.165, 1.54) is 42.7 Å². The van der Waals surface area contributed by atoms with E-state index in [1.54, 1.807) is 18.2 Å². The first-order valence-corrected chi connectivity index (χ1v) is 13.4. The number of pyridine rings is 1. The molecule has 4 rings (SSSR count). The zero-order valence-corrected chi connectivity index (χ0v) is 23.8. The van der Waals surface area contributed by atoms with Crippen molar-refractivity contribution in [3.8, 4) is 11.6 Å². The lowest BCUT2D eigenvalue weighted by Gasteiger charge is -2.32. The van der Waals surface area contributed by atoms with Crippen molar-refractivity contribution in [2.24, 2.45) is 0 Å². The van der Waals surface area contributed by atoms with Gasteiger partial charge in [0, 0.05) is 18.5 Å². The van der Waals surface area contributed by atoms with Gasteiger partial charge in [0.05, 0.1) is 17.6 Å². The fourth-order valence-corrected chi connectivity index (χ4v) is 4.33. The number of allylic oxidation sites excluding steroid dienone is 1. The van der Waals surface area contributed by atoms with Crippen molar-refractivity contribution in [3.05, 3.63) is 113 Å². The molecule has 0 radical (unpaired) electrons. The van der Waals surface area contributed by atoms with Crippen molar-refractivity contribution in [2.45, 2.75) is 49.9 Å². The number of alkyl halides is 6. The first kappa shape index (κ1) is 33.7. The van der Waals surface area contributed by atoms with Gasteiger partial charge in [-0.2, -0.15) is 26.3 Å². The first-order chi connectivity index (χ1) is 21.8. The van der Waals surface area contributed by atoms with E-state index in [4.69, 9.17) is 9.15 Å². The number of nitrogens with zero attached hydrogens (tertiary/aromatic N) is 6. The van der Waals surface area contributed by atoms with Crippen molar-refractivity contribution in [1.29, 1.82) is 0 Å². The van der Waals surface area contributed by atoms with Crippen molar-refractivity contribution < 1.29 is 40.4 Å². The molecule has 3 heterocycles. The number of nitro groups is 1. The van der Waals surface area contributed by atoms with E-state index < -0.39 is 76.5 Å². The number of halogens is 6. The summed E-state index contributed by atoms with van der Waals surface area (Å²) < 4.78 is 97.5. The molecule has 17 heteroatoms. The third kappa shape index (κ3) is 7.36. The quantitative estimate of drug-likeness (QED) is 0.0631. The Morgan fingerprint density at radius 3 is 2.30 bits per heavy atom. The third-order valence-corrected chi connectivity index (χ3v) is 6.57. The molecule has 0 aliphatic rings. The highest BCUT2D eigenvalue weighted by molar-refractivity contribution is 5.68. The third-order valence-electron chi connectivity index (χ3n) is 6.57. The Morgan fingerprint density at radius 2 is 1.72 bits per heavy atom. The summed E-state index contributed by atoms with van der Waals surface area (Å²) in [7, 11) is 0. The molecule has 0 saturated heterocycles. The van der Waals surface area contributed by atoms with E-state index in [0.29, 0.717) is 5.56 Å². The van der Waals surface area contributed by atoms with Gasteiger partial charge < -0.3 is 14.5 Å². The molecule has 0 saturated carbocycles. The Balaban J connectivity index is 1.86. The second-order valence-corrected chi connectivity index (χ2v) is 9.67. The van der Waals surface area contributed by atoms with Gasteiger partial charge in [-0.05, 0) is 30.9 Å². The van der Waals surface area contributed by atoms with Crippen LogP contribution in [0.15, 0.2) is 84.6 Å². The smallest absolute Gasteiger partial charge is 0.415 e. The van der Waals surface area contributed by atoms with Gasteiger partial charge in [-0.25, -0.2) is 15.0 Å². The predicted molar refractivity (Wildman–Crippen MR) is 151 cm³/mol. The van der Waals surface area contributed by atoms with Gasteiger partial charge in [-0.3, -0.25) is 10.1 Å². The van der Waals surface area contributed by atoms with Crippen molar-refractivity contribution >= 4 is 11.5 Å². The Morgan fingerprint density at radius 1 is 1.02 bits per heavy atom. The maximum atomic E-state index is 14.8. The van der Waals surface area contributed by atoms with Crippen molar-refractivity contribution in [1.82, 2.24) is 25.1 Å². The second-order valence-electron chi connectivity index (χ2n) is 9.67. The number of anilines is 1. The number of benzene rings is 1. The molecule has 2 atom stereocenters. The van der Waals surface area contributed by atoms with Crippen LogP contribution < -0.4 is 5.32 Å². The second kappa shape index (κ2) is 13.8. The maximum absolute atomic E-state index is 14.8. The Hall–Kier alpha value is -5.19. The summed E-state index contributed by atoms with van der Waals surface area (Å²) in [5.74, 6) is -2.97. The van der Waals surface area contributed by atoms with Crippen LogP contribution in [0.3, 0.4) is 0 Å². The van der Waals surface area contributed by atoms with Gasteiger partial charge in [-0.15, -0.1) is 23.4 Å². The van der Waals surface area contributed by atoms with Crippen LogP contribution in [-0.2, 0) is 23.1 Å². The molecule has 0 fully saturated rings. The molecule has 0 amide bonds. The lowest BCUT2D eigenvalue weighted by molar-refractivity contribution is -0.384.